The molecule has 1 aromatic heterocycles. The Hall–Kier alpha value is -3.94. The van der Waals surface area contributed by atoms with Crippen LogP contribution in [0.25, 0.3) is 0 Å². The molecule has 0 unspecified atom stereocenters. The highest BCUT2D eigenvalue weighted by Gasteiger charge is 2.20. The number of amides is 2. The van der Waals surface area contributed by atoms with E-state index in [-0.39, 0.29) is 19.1 Å². The number of aryl methyl sites for hydroxylation is 1. The summed E-state index contributed by atoms with van der Waals surface area (Å²) < 4.78 is 19.1. The molecule has 8 heteroatoms. The van der Waals surface area contributed by atoms with Gasteiger partial charge in [0.1, 0.15) is 12.4 Å². The maximum Gasteiger partial charge on any atom is 0.411 e. The van der Waals surface area contributed by atoms with Crippen LogP contribution < -0.4 is 15.5 Å². The first-order valence-electron chi connectivity index (χ1n) is 11.2. The second-order valence-corrected chi connectivity index (χ2v) is 8.24. The van der Waals surface area contributed by atoms with Crippen LogP contribution in [0.5, 0.6) is 0 Å². The van der Waals surface area contributed by atoms with Crippen molar-refractivity contribution < 1.29 is 18.7 Å². The topological polar surface area (TPSA) is 83.6 Å². The van der Waals surface area contributed by atoms with Crippen molar-refractivity contribution in [3.8, 4) is 0 Å². The van der Waals surface area contributed by atoms with Gasteiger partial charge in [-0.25, -0.2) is 9.18 Å². The van der Waals surface area contributed by atoms with E-state index in [1.54, 1.807) is 30.6 Å². The van der Waals surface area contributed by atoms with Crippen molar-refractivity contribution in [1.29, 1.82) is 0 Å². The highest BCUT2D eigenvalue weighted by molar-refractivity contribution is 5.99. The lowest BCUT2D eigenvalue weighted by molar-refractivity contribution is 0.0951. The zero-order valence-electron chi connectivity index (χ0n) is 19.0. The number of carbonyl (C=O) groups excluding carboxylic acids is 2. The van der Waals surface area contributed by atoms with E-state index in [4.69, 9.17) is 4.74 Å². The number of carbonyl (C=O) groups is 2. The lowest BCUT2D eigenvalue weighted by Gasteiger charge is -2.21. The standard InChI is InChI=1S/C26H27FN4O3/c1-18-13-22(30-26(33)34-17-19-5-4-10-28-15-19)8-6-20(18)16-29-25(32)23-14-21(27)7-9-24(23)31-11-2-3-12-31/h4-10,13-15H,2-3,11-12,16-17H2,1H3,(H,29,32)(H,30,33). The second-order valence-electron chi connectivity index (χ2n) is 8.24. The molecule has 1 aliphatic rings. The molecule has 0 bridgehead atoms. The number of nitrogens with one attached hydrogen (secondary N) is 2. The van der Waals surface area contributed by atoms with Crippen LogP contribution in [0.15, 0.2) is 60.9 Å². The largest absolute Gasteiger partial charge is 0.444 e. The number of hydrogen-bond acceptors (Lipinski definition) is 5. The maximum atomic E-state index is 13.9. The van der Waals surface area contributed by atoms with Crippen LogP contribution in [-0.2, 0) is 17.9 Å². The van der Waals surface area contributed by atoms with E-state index in [1.165, 1.54) is 12.1 Å². The number of halogens is 1. The Morgan fingerprint density at radius 1 is 1.12 bits per heavy atom. The van der Waals surface area contributed by atoms with Gasteiger partial charge in [-0.1, -0.05) is 12.1 Å². The predicted octanol–water partition coefficient (Wildman–Crippen LogP) is 4.81. The van der Waals surface area contributed by atoms with Crippen molar-refractivity contribution in [3.63, 3.8) is 0 Å². The van der Waals surface area contributed by atoms with Crippen molar-refractivity contribution in [3.05, 3.63) is 89.0 Å². The fourth-order valence-electron chi connectivity index (χ4n) is 3.95. The summed E-state index contributed by atoms with van der Waals surface area (Å²) in [5.41, 5.74) is 4.27. The van der Waals surface area contributed by atoms with E-state index in [2.05, 4.69) is 20.5 Å². The van der Waals surface area contributed by atoms with E-state index >= 15 is 0 Å². The van der Waals surface area contributed by atoms with Crippen molar-refractivity contribution in [2.24, 2.45) is 0 Å². The Bertz CT molecular complexity index is 1160. The highest BCUT2D eigenvalue weighted by Crippen LogP contribution is 2.26. The summed E-state index contributed by atoms with van der Waals surface area (Å²) in [5.74, 6) is -0.753. The summed E-state index contributed by atoms with van der Waals surface area (Å²) >= 11 is 0. The van der Waals surface area contributed by atoms with Crippen LogP contribution >= 0.6 is 0 Å². The zero-order valence-corrected chi connectivity index (χ0v) is 19.0. The molecular formula is C26H27FN4O3. The quantitative estimate of drug-likeness (QED) is 0.527. The number of rotatable bonds is 7. The first-order valence-corrected chi connectivity index (χ1v) is 11.2. The summed E-state index contributed by atoms with van der Waals surface area (Å²) in [7, 11) is 0. The van der Waals surface area contributed by atoms with Crippen molar-refractivity contribution in [2.75, 3.05) is 23.3 Å². The van der Waals surface area contributed by atoms with Gasteiger partial charge >= 0.3 is 6.09 Å². The highest BCUT2D eigenvalue weighted by atomic mass is 19.1. The van der Waals surface area contributed by atoms with Crippen LogP contribution in [0.3, 0.4) is 0 Å². The number of aromatic nitrogens is 1. The van der Waals surface area contributed by atoms with Gasteiger partial charge in [-0.2, -0.15) is 0 Å². The molecule has 2 N–H and O–H groups in total. The second kappa shape index (κ2) is 10.8. The van der Waals surface area contributed by atoms with E-state index in [9.17, 15) is 14.0 Å². The third-order valence-electron chi connectivity index (χ3n) is 5.77. The Balaban J connectivity index is 1.34. The molecule has 1 saturated heterocycles. The Morgan fingerprint density at radius 3 is 2.68 bits per heavy atom. The number of ether oxygens (including phenoxy) is 1. The lowest BCUT2D eigenvalue weighted by Crippen LogP contribution is -2.27. The van der Waals surface area contributed by atoms with Crippen LogP contribution in [0.4, 0.5) is 20.6 Å². The van der Waals surface area contributed by atoms with E-state index in [1.807, 2.05) is 25.1 Å². The third kappa shape index (κ3) is 5.89. The number of benzene rings is 2. The third-order valence-corrected chi connectivity index (χ3v) is 5.77. The molecule has 176 valence electrons. The van der Waals surface area contributed by atoms with Gasteiger partial charge in [0.2, 0.25) is 0 Å². The fourth-order valence-corrected chi connectivity index (χ4v) is 3.95. The Morgan fingerprint density at radius 2 is 1.94 bits per heavy atom. The summed E-state index contributed by atoms with van der Waals surface area (Å²) in [6.45, 7) is 4.04. The van der Waals surface area contributed by atoms with Gasteiger partial charge in [-0.15, -0.1) is 0 Å². The molecule has 7 nitrogen and oxygen atoms in total. The minimum absolute atomic E-state index is 0.127. The molecule has 0 saturated carbocycles. The van der Waals surface area contributed by atoms with Gasteiger partial charge in [-0.3, -0.25) is 15.1 Å². The normalized spacial score (nSPS) is 12.9. The molecule has 2 aromatic carbocycles. The number of anilines is 2. The summed E-state index contributed by atoms with van der Waals surface area (Å²) in [6, 6.07) is 13.3. The molecule has 4 rings (SSSR count). The van der Waals surface area contributed by atoms with Gasteiger partial charge in [0.25, 0.3) is 5.91 Å². The molecule has 0 atom stereocenters. The van der Waals surface area contributed by atoms with E-state index < -0.39 is 11.9 Å². The van der Waals surface area contributed by atoms with Crippen molar-refractivity contribution in [1.82, 2.24) is 10.3 Å². The first-order chi connectivity index (χ1) is 16.5. The molecule has 2 heterocycles. The van der Waals surface area contributed by atoms with Crippen molar-refractivity contribution in [2.45, 2.75) is 32.9 Å². The molecule has 34 heavy (non-hydrogen) atoms. The Kier molecular flexibility index (Phi) is 7.37. The van der Waals surface area contributed by atoms with Gasteiger partial charge in [0, 0.05) is 49.0 Å². The monoisotopic (exact) mass is 462 g/mol. The molecule has 0 spiro atoms. The molecule has 0 radical (unpaired) electrons. The van der Waals surface area contributed by atoms with Gasteiger partial charge in [0.15, 0.2) is 0 Å². The zero-order chi connectivity index (χ0) is 23.9. The minimum Gasteiger partial charge on any atom is -0.444 e. The lowest BCUT2D eigenvalue weighted by atomic mass is 10.1. The number of pyridine rings is 1. The van der Waals surface area contributed by atoms with Gasteiger partial charge in [-0.05, 0) is 67.3 Å². The summed E-state index contributed by atoms with van der Waals surface area (Å²) in [6.07, 6.45) is 4.86. The van der Waals surface area contributed by atoms with Crippen LogP contribution in [0.1, 0.15) is 39.9 Å². The van der Waals surface area contributed by atoms with Gasteiger partial charge in [0.05, 0.1) is 5.56 Å². The average Bonchev–Trinajstić information content (AvgIpc) is 3.37. The SMILES string of the molecule is Cc1cc(NC(=O)OCc2cccnc2)ccc1CNC(=O)c1cc(F)ccc1N1CCCC1. The Labute approximate surface area is 198 Å². The molecule has 1 aliphatic heterocycles. The fraction of sp³-hybridized carbons (Fsp3) is 0.269. The summed E-state index contributed by atoms with van der Waals surface area (Å²) in [5, 5.41) is 5.60. The number of nitrogens with zero attached hydrogens (tertiary/aromatic N) is 2. The van der Waals surface area contributed by atoms with Crippen LogP contribution in [0.2, 0.25) is 0 Å². The number of hydrogen-bond donors (Lipinski definition) is 2. The van der Waals surface area contributed by atoms with Gasteiger partial charge < -0.3 is 15.0 Å². The molecule has 0 aliphatic carbocycles. The van der Waals surface area contributed by atoms with Crippen LogP contribution in [-0.4, -0.2) is 30.1 Å². The molecular weight excluding hydrogens is 435 g/mol. The maximum absolute atomic E-state index is 13.9. The first kappa shape index (κ1) is 23.2. The molecule has 3 aromatic rings. The van der Waals surface area contributed by atoms with E-state index in [0.717, 1.165) is 48.3 Å². The average molecular weight is 463 g/mol. The van der Waals surface area contributed by atoms with E-state index in [0.29, 0.717) is 11.3 Å². The molecule has 1 fully saturated rings. The molecule has 2 amide bonds. The minimum atomic E-state index is -0.565. The smallest absolute Gasteiger partial charge is 0.411 e. The predicted molar refractivity (Wildman–Crippen MR) is 128 cm³/mol. The van der Waals surface area contributed by atoms with Crippen molar-refractivity contribution >= 4 is 23.4 Å². The van der Waals surface area contributed by atoms with Crippen LogP contribution in [0, 0.1) is 12.7 Å². The summed E-state index contributed by atoms with van der Waals surface area (Å²) in [4.78, 5) is 31.1.